The van der Waals surface area contributed by atoms with Crippen LogP contribution in [-0.2, 0) is 4.79 Å². The summed E-state index contributed by atoms with van der Waals surface area (Å²) in [5.41, 5.74) is 0.431. The Labute approximate surface area is 131 Å². The normalized spacial score (nSPS) is 31.8. The molecule has 0 bridgehead atoms. The summed E-state index contributed by atoms with van der Waals surface area (Å²) in [6.07, 6.45) is 8.00. The van der Waals surface area contributed by atoms with Crippen molar-refractivity contribution in [2.45, 2.75) is 70.0 Å². The van der Waals surface area contributed by atoms with E-state index in [0.717, 1.165) is 25.8 Å². The smallest absolute Gasteiger partial charge is 0.317 e. The lowest BCUT2D eigenvalue weighted by atomic mass is 9.85. The van der Waals surface area contributed by atoms with Gasteiger partial charge in [-0.2, -0.15) is 0 Å². The minimum Gasteiger partial charge on any atom is -0.480 e. The highest BCUT2D eigenvalue weighted by atomic mass is 16.4. The van der Waals surface area contributed by atoms with Crippen LogP contribution in [0.2, 0.25) is 0 Å². The number of hydrogen-bond acceptors (Lipinski definition) is 3. The van der Waals surface area contributed by atoms with Crippen LogP contribution in [0.4, 0.5) is 4.79 Å². The fourth-order valence-electron chi connectivity index (χ4n) is 4.25. The third-order valence-electron chi connectivity index (χ3n) is 5.80. The molecule has 124 valence electrons. The van der Waals surface area contributed by atoms with E-state index >= 15 is 0 Å². The molecule has 1 atom stereocenters. The Morgan fingerprint density at radius 3 is 2.50 bits per heavy atom. The third-order valence-corrected chi connectivity index (χ3v) is 5.80. The SMILES string of the molecule is CCN(CC(=O)O)C1CC(NC(=O)NC2CC23CCCC3)C1. The molecule has 3 saturated carbocycles. The summed E-state index contributed by atoms with van der Waals surface area (Å²) in [5, 5.41) is 15.0. The van der Waals surface area contributed by atoms with Crippen LogP contribution in [0, 0.1) is 5.41 Å². The average Bonchev–Trinajstić information content (AvgIpc) is 2.85. The van der Waals surface area contributed by atoms with Crippen LogP contribution in [-0.4, -0.2) is 53.2 Å². The van der Waals surface area contributed by atoms with Crippen molar-refractivity contribution in [2.24, 2.45) is 5.41 Å². The van der Waals surface area contributed by atoms with Gasteiger partial charge in [-0.05, 0) is 44.1 Å². The van der Waals surface area contributed by atoms with Crippen LogP contribution in [0.3, 0.4) is 0 Å². The molecule has 3 fully saturated rings. The second-order valence-corrected chi connectivity index (χ2v) is 7.22. The van der Waals surface area contributed by atoms with Gasteiger partial charge in [0.05, 0.1) is 6.54 Å². The van der Waals surface area contributed by atoms with Crippen molar-refractivity contribution in [3.63, 3.8) is 0 Å². The summed E-state index contributed by atoms with van der Waals surface area (Å²) in [6, 6.07) is 0.808. The van der Waals surface area contributed by atoms with Crippen molar-refractivity contribution >= 4 is 12.0 Å². The highest BCUT2D eigenvalue weighted by Crippen LogP contribution is 2.57. The summed E-state index contributed by atoms with van der Waals surface area (Å²) < 4.78 is 0. The molecule has 22 heavy (non-hydrogen) atoms. The molecule has 0 aromatic carbocycles. The van der Waals surface area contributed by atoms with Crippen molar-refractivity contribution in [2.75, 3.05) is 13.1 Å². The second kappa shape index (κ2) is 6.07. The first-order valence-corrected chi connectivity index (χ1v) is 8.55. The number of carboxylic acid groups (broad SMARTS) is 1. The summed E-state index contributed by atoms with van der Waals surface area (Å²) >= 11 is 0. The van der Waals surface area contributed by atoms with Crippen LogP contribution in [0.5, 0.6) is 0 Å². The first-order chi connectivity index (χ1) is 10.5. The molecule has 2 amide bonds. The summed E-state index contributed by atoms with van der Waals surface area (Å²) in [4.78, 5) is 24.8. The lowest BCUT2D eigenvalue weighted by Gasteiger charge is -2.42. The molecule has 1 spiro atoms. The van der Waals surface area contributed by atoms with Crippen molar-refractivity contribution < 1.29 is 14.7 Å². The van der Waals surface area contributed by atoms with Crippen molar-refractivity contribution in [1.82, 2.24) is 15.5 Å². The van der Waals surface area contributed by atoms with E-state index in [1.807, 2.05) is 11.8 Å². The molecule has 0 aliphatic heterocycles. The number of carbonyl (C=O) groups is 2. The van der Waals surface area contributed by atoms with Gasteiger partial charge in [0.2, 0.25) is 0 Å². The van der Waals surface area contributed by atoms with E-state index in [9.17, 15) is 9.59 Å². The molecule has 3 aliphatic rings. The Morgan fingerprint density at radius 2 is 1.91 bits per heavy atom. The topological polar surface area (TPSA) is 81.7 Å². The first-order valence-electron chi connectivity index (χ1n) is 8.55. The molecule has 3 rings (SSSR count). The van der Waals surface area contributed by atoms with E-state index in [-0.39, 0.29) is 24.7 Å². The fraction of sp³-hybridized carbons (Fsp3) is 0.875. The zero-order chi connectivity index (χ0) is 15.7. The average molecular weight is 309 g/mol. The Morgan fingerprint density at radius 1 is 1.23 bits per heavy atom. The minimum atomic E-state index is -0.786. The van der Waals surface area contributed by atoms with Crippen LogP contribution in [0.1, 0.15) is 51.9 Å². The van der Waals surface area contributed by atoms with E-state index in [1.54, 1.807) is 0 Å². The molecule has 1 unspecified atom stereocenters. The van der Waals surface area contributed by atoms with Gasteiger partial charge in [-0.25, -0.2) is 4.79 Å². The zero-order valence-corrected chi connectivity index (χ0v) is 13.3. The van der Waals surface area contributed by atoms with Gasteiger partial charge in [-0.3, -0.25) is 9.69 Å². The van der Waals surface area contributed by atoms with Gasteiger partial charge in [0.1, 0.15) is 0 Å². The maximum Gasteiger partial charge on any atom is 0.317 e. The van der Waals surface area contributed by atoms with Gasteiger partial charge in [0.25, 0.3) is 0 Å². The lowest BCUT2D eigenvalue weighted by Crippen LogP contribution is -2.56. The molecule has 0 aromatic rings. The predicted molar refractivity (Wildman–Crippen MR) is 82.7 cm³/mol. The van der Waals surface area contributed by atoms with E-state index in [2.05, 4.69) is 10.6 Å². The lowest BCUT2D eigenvalue weighted by molar-refractivity contribution is -0.139. The summed E-state index contributed by atoms with van der Waals surface area (Å²) in [5.74, 6) is -0.786. The third kappa shape index (κ3) is 3.21. The van der Waals surface area contributed by atoms with Crippen LogP contribution >= 0.6 is 0 Å². The Kier molecular flexibility index (Phi) is 4.30. The molecule has 3 aliphatic carbocycles. The monoisotopic (exact) mass is 309 g/mol. The van der Waals surface area contributed by atoms with E-state index < -0.39 is 5.97 Å². The molecule has 0 aromatic heterocycles. The Hall–Kier alpha value is -1.30. The number of hydrogen-bond donors (Lipinski definition) is 3. The molecule has 6 nitrogen and oxygen atoms in total. The predicted octanol–water partition coefficient (Wildman–Crippen LogP) is 1.56. The highest BCUT2D eigenvalue weighted by molar-refractivity contribution is 5.75. The molecule has 0 radical (unpaired) electrons. The maximum atomic E-state index is 12.0. The zero-order valence-electron chi connectivity index (χ0n) is 13.3. The molecule has 3 N–H and O–H groups in total. The number of carbonyl (C=O) groups excluding carboxylic acids is 1. The maximum absolute atomic E-state index is 12.0. The first kappa shape index (κ1) is 15.6. The number of urea groups is 1. The molecular weight excluding hydrogens is 282 g/mol. The quantitative estimate of drug-likeness (QED) is 0.695. The van der Waals surface area contributed by atoms with Crippen molar-refractivity contribution in [3.8, 4) is 0 Å². The van der Waals surface area contributed by atoms with E-state index in [1.165, 1.54) is 25.7 Å². The number of aliphatic carboxylic acids is 1. The number of nitrogens with zero attached hydrogens (tertiary/aromatic N) is 1. The summed E-state index contributed by atoms with van der Waals surface area (Å²) in [7, 11) is 0. The number of carboxylic acids is 1. The molecule has 0 saturated heterocycles. The molecular formula is C16H27N3O3. The van der Waals surface area contributed by atoms with Gasteiger partial charge < -0.3 is 15.7 Å². The second-order valence-electron chi connectivity index (χ2n) is 7.22. The minimum absolute atomic E-state index is 0.0430. The number of likely N-dealkylation sites (N-methyl/N-ethyl adjacent to an activating group) is 1. The van der Waals surface area contributed by atoms with Gasteiger partial charge >= 0.3 is 12.0 Å². The fourth-order valence-corrected chi connectivity index (χ4v) is 4.25. The molecule has 6 heteroatoms. The molecule has 0 heterocycles. The van der Waals surface area contributed by atoms with Gasteiger partial charge in [0.15, 0.2) is 0 Å². The Bertz CT molecular complexity index is 442. The van der Waals surface area contributed by atoms with Gasteiger partial charge in [-0.15, -0.1) is 0 Å². The van der Waals surface area contributed by atoms with Crippen molar-refractivity contribution in [1.29, 1.82) is 0 Å². The highest BCUT2D eigenvalue weighted by Gasteiger charge is 2.55. The summed E-state index contributed by atoms with van der Waals surface area (Å²) in [6.45, 7) is 2.80. The van der Waals surface area contributed by atoms with Crippen molar-refractivity contribution in [3.05, 3.63) is 0 Å². The van der Waals surface area contributed by atoms with Gasteiger partial charge in [-0.1, -0.05) is 19.8 Å². The van der Waals surface area contributed by atoms with E-state index in [0.29, 0.717) is 11.5 Å². The largest absolute Gasteiger partial charge is 0.480 e. The number of nitrogens with one attached hydrogen (secondary N) is 2. The standard InChI is InChI=1S/C16H27N3O3/c1-2-19(10-14(20)21)12-7-11(8-12)17-15(22)18-13-9-16(13)5-3-4-6-16/h11-13H,2-10H2,1H3,(H,20,21)(H2,17,18,22). The number of rotatable bonds is 6. The Balaban J connectivity index is 1.35. The van der Waals surface area contributed by atoms with Crippen LogP contribution in [0.25, 0.3) is 0 Å². The van der Waals surface area contributed by atoms with Crippen LogP contribution < -0.4 is 10.6 Å². The number of amides is 2. The van der Waals surface area contributed by atoms with E-state index in [4.69, 9.17) is 5.11 Å². The van der Waals surface area contributed by atoms with Crippen LogP contribution in [0.15, 0.2) is 0 Å². The van der Waals surface area contributed by atoms with Gasteiger partial charge in [0, 0.05) is 18.1 Å².